The summed E-state index contributed by atoms with van der Waals surface area (Å²) in [6.45, 7) is 5.06. The summed E-state index contributed by atoms with van der Waals surface area (Å²) in [7, 11) is 0. The van der Waals surface area contributed by atoms with Crippen LogP contribution in [0.25, 0.3) is 16.7 Å². The highest BCUT2D eigenvalue weighted by Crippen LogP contribution is 2.36. The second-order valence-corrected chi connectivity index (χ2v) is 7.50. The molecule has 8 heteroatoms. The van der Waals surface area contributed by atoms with Gasteiger partial charge in [-0.05, 0) is 51.1 Å². The molecule has 3 aromatic rings. The van der Waals surface area contributed by atoms with Crippen molar-refractivity contribution in [3.05, 3.63) is 59.4 Å². The largest absolute Gasteiger partial charge is 0.455 e. The van der Waals surface area contributed by atoms with E-state index in [-0.39, 0.29) is 22.9 Å². The number of carbonyl (C=O) groups is 1. The Kier molecular flexibility index (Phi) is 5.14. The third-order valence-corrected chi connectivity index (χ3v) is 4.18. The van der Waals surface area contributed by atoms with Crippen LogP contribution in [-0.4, -0.2) is 21.1 Å². The quantitative estimate of drug-likeness (QED) is 0.408. The first kappa shape index (κ1) is 20.2. The van der Waals surface area contributed by atoms with E-state index in [1.165, 1.54) is 28.8 Å². The van der Waals surface area contributed by atoms with Crippen LogP contribution in [0.2, 0.25) is 0 Å². The van der Waals surface area contributed by atoms with E-state index in [9.17, 15) is 18.0 Å². The highest BCUT2D eigenvalue weighted by molar-refractivity contribution is 6.17. The third-order valence-electron chi connectivity index (χ3n) is 3.90. The smallest absolute Gasteiger partial charge is 0.418 e. The van der Waals surface area contributed by atoms with Crippen molar-refractivity contribution in [1.29, 1.82) is 0 Å². The standard InChI is InChI=1S/C20H18ClF3N2O2/c1-19(2,3)28-18(27)16-10-12-8-9-13(11-21)25-17(12)26(16)15-7-5-4-6-14(15)20(22,23)24/h4-10H,11H2,1-3H3. The van der Waals surface area contributed by atoms with E-state index in [0.717, 1.165) is 6.07 Å². The number of nitrogens with zero attached hydrogens (tertiary/aromatic N) is 2. The van der Waals surface area contributed by atoms with E-state index in [1.54, 1.807) is 32.9 Å². The molecular formula is C20H18ClF3N2O2. The zero-order valence-corrected chi connectivity index (χ0v) is 16.2. The molecule has 0 fully saturated rings. The molecule has 28 heavy (non-hydrogen) atoms. The van der Waals surface area contributed by atoms with Gasteiger partial charge in [-0.3, -0.25) is 4.57 Å². The molecule has 0 saturated heterocycles. The zero-order chi connectivity index (χ0) is 20.7. The predicted octanol–water partition coefficient (Wildman–Crippen LogP) is 5.74. The Hall–Kier alpha value is -2.54. The van der Waals surface area contributed by atoms with Gasteiger partial charge in [0.25, 0.3) is 0 Å². The SMILES string of the molecule is CC(C)(C)OC(=O)c1cc2ccc(CCl)nc2n1-c1ccccc1C(F)(F)F. The number of esters is 1. The summed E-state index contributed by atoms with van der Waals surface area (Å²) < 4.78 is 47.4. The number of ether oxygens (including phenoxy) is 1. The van der Waals surface area contributed by atoms with Gasteiger partial charge in [0, 0.05) is 5.39 Å². The average Bonchev–Trinajstić information content (AvgIpc) is 2.98. The van der Waals surface area contributed by atoms with Gasteiger partial charge in [-0.25, -0.2) is 9.78 Å². The van der Waals surface area contributed by atoms with Crippen LogP contribution in [0.4, 0.5) is 13.2 Å². The summed E-state index contributed by atoms with van der Waals surface area (Å²) in [5, 5.41) is 0.506. The normalized spacial score (nSPS) is 12.4. The third kappa shape index (κ3) is 3.99. The van der Waals surface area contributed by atoms with Crippen LogP contribution < -0.4 is 0 Å². The maximum absolute atomic E-state index is 13.6. The Balaban J connectivity index is 2.34. The number of pyridine rings is 1. The van der Waals surface area contributed by atoms with E-state index in [0.29, 0.717) is 11.1 Å². The molecule has 0 spiro atoms. The fourth-order valence-electron chi connectivity index (χ4n) is 2.82. The van der Waals surface area contributed by atoms with Crippen molar-refractivity contribution in [1.82, 2.24) is 9.55 Å². The van der Waals surface area contributed by atoms with Gasteiger partial charge in [0.05, 0.1) is 22.8 Å². The van der Waals surface area contributed by atoms with E-state index in [2.05, 4.69) is 4.98 Å². The molecule has 0 N–H and O–H groups in total. The molecule has 0 radical (unpaired) electrons. The maximum atomic E-state index is 13.6. The first-order chi connectivity index (χ1) is 13.0. The van der Waals surface area contributed by atoms with Crippen molar-refractivity contribution in [3.8, 4) is 5.69 Å². The number of fused-ring (bicyclic) bond motifs is 1. The van der Waals surface area contributed by atoms with E-state index in [1.807, 2.05) is 0 Å². The van der Waals surface area contributed by atoms with Crippen LogP contribution in [0.15, 0.2) is 42.5 Å². The molecule has 0 aliphatic rings. The molecule has 2 aromatic heterocycles. The highest BCUT2D eigenvalue weighted by Gasteiger charge is 2.35. The molecule has 0 amide bonds. The Labute approximate surface area is 164 Å². The second-order valence-electron chi connectivity index (χ2n) is 7.23. The molecule has 0 aliphatic heterocycles. The molecule has 0 bridgehead atoms. The Morgan fingerprint density at radius 3 is 2.43 bits per heavy atom. The fraction of sp³-hybridized carbons (Fsp3) is 0.300. The zero-order valence-electron chi connectivity index (χ0n) is 15.5. The van der Waals surface area contributed by atoms with Crippen LogP contribution in [-0.2, 0) is 16.8 Å². The van der Waals surface area contributed by atoms with E-state index < -0.39 is 23.3 Å². The van der Waals surface area contributed by atoms with Crippen molar-refractivity contribution in [2.45, 2.75) is 38.4 Å². The lowest BCUT2D eigenvalue weighted by Crippen LogP contribution is -2.25. The molecule has 3 rings (SSSR count). The van der Waals surface area contributed by atoms with Crippen LogP contribution in [0.1, 0.15) is 42.5 Å². The van der Waals surface area contributed by atoms with Gasteiger partial charge in [-0.1, -0.05) is 12.1 Å². The topological polar surface area (TPSA) is 44.1 Å². The summed E-state index contributed by atoms with van der Waals surface area (Å²) in [5.41, 5.74) is -1.25. The number of rotatable bonds is 3. The minimum atomic E-state index is -4.61. The molecule has 1 aromatic carbocycles. The van der Waals surface area contributed by atoms with Gasteiger partial charge in [0.1, 0.15) is 16.9 Å². The number of halogens is 4. The molecule has 148 valence electrons. The van der Waals surface area contributed by atoms with Gasteiger partial charge in [-0.15, -0.1) is 11.6 Å². The van der Waals surface area contributed by atoms with E-state index in [4.69, 9.17) is 16.3 Å². The van der Waals surface area contributed by atoms with Gasteiger partial charge in [0.2, 0.25) is 0 Å². The maximum Gasteiger partial charge on any atom is 0.418 e. The van der Waals surface area contributed by atoms with Crippen molar-refractivity contribution in [2.75, 3.05) is 0 Å². The Morgan fingerprint density at radius 1 is 1.14 bits per heavy atom. The van der Waals surface area contributed by atoms with Gasteiger partial charge in [0.15, 0.2) is 0 Å². The van der Waals surface area contributed by atoms with Gasteiger partial charge in [-0.2, -0.15) is 13.2 Å². The summed E-state index contributed by atoms with van der Waals surface area (Å²) in [5.74, 6) is -0.654. The minimum Gasteiger partial charge on any atom is -0.455 e. The van der Waals surface area contributed by atoms with Crippen LogP contribution in [0.5, 0.6) is 0 Å². The number of carbonyl (C=O) groups excluding carboxylic acids is 1. The fourth-order valence-corrected chi connectivity index (χ4v) is 2.97. The lowest BCUT2D eigenvalue weighted by molar-refractivity contribution is -0.137. The number of para-hydroxylation sites is 1. The average molecular weight is 411 g/mol. The van der Waals surface area contributed by atoms with Crippen LogP contribution in [0.3, 0.4) is 0 Å². The lowest BCUT2D eigenvalue weighted by atomic mass is 10.1. The van der Waals surface area contributed by atoms with Crippen molar-refractivity contribution in [3.63, 3.8) is 0 Å². The van der Waals surface area contributed by atoms with Crippen molar-refractivity contribution >= 4 is 28.6 Å². The Bertz CT molecular complexity index is 1040. The molecule has 0 atom stereocenters. The van der Waals surface area contributed by atoms with Crippen LogP contribution >= 0.6 is 11.6 Å². The summed E-state index contributed by atoms with van der Waals surface area (Å²) in [4.78, 5) is 17.1. The summed E-state index contributed by atoms with van der Waals surface area (Å²) in [6, 6.07) is 9.83. The Morgan fingerprint density at radius 2 is 1.82 bits per heavy atom. The molecule has 0 aliphatic carbocycles. The van der Waals surface area contributed by atoms with Crippen LogP contribution in [0, 0.1) is 0 Å². The minimum absolute atomic E-state index is 0.0409. The molecule has 0 saturated carbocycles. The van der Waals surface area contributed by atoms with Crippen molar-refractivity contribution < 1.29 is 22.7 Å². The number of hydrogen-bond acceptors (Lipinski definition) is 3. The summed E-state index contributed by atoms with van der Waals surface area (Å²) in [6.07, 6.45) is -4.61. The molecular weight excluding hydrogens is 393 g/mol. The second kappa shape index (κ2) is 7.13. The van der Waals surface area contributed by atoms with Crippen molar-refractivity contribution in [2.24, 2.45) is 0 Å². The predicted molar refractivity (Wildman–Crippen MR) is 101 cm³/mol. The molecule has 2 heterocycles. The summed E-state index contributed by atoms with van der Waals surface area (Å²) >= 11 is 5.84. The number of benzene rings is 1. The first-order valence-electron chi connectivity index (χ1n) is 8.48. The number of alkyl halides is 4. The van der Waals surface area contributed by atoms with Gasteiger partial charge >= 0.3 is 12.1 Å². The number of hydrogen-bond donors (Lipinski definition) is 0. The first-order valence-corrected chi connectivity index (χ1v) is 9.02. The lowest BCUT2D eigenvalue weighted by Gasteiger charge is -2.21. The number of aromatic nitrogens is 2. The monoisotopic (exact) mass is 410 g/mol. The molecule has 0 unspecified atom stereocenters. The van der Waals surface area contributed by atoms with E-state index >= 15 is 0 Å². The highest BCUT2D eigenvalue weighted by atomic mass is 35.5. The van der Waals surface area contributed by atoms with Gasteiger partial charge < -0.3 is 4.74 Å². The molecule has 4 nitrogen and oxygen atoms in total.